The average Bonchev–Trinajstić information content (AvgIpc) is 2.77. The summed E-state index contributed by atoms with van der Waals surface area (Å²) in [7, 11) is 1.55. The fourth-order valence-corrected chi connectivity index (χ4v) is 4.05. The molecular formula is C17H27N3O4. The summed E-state index contributed by atoms with van der Waals surface area (Å²) >= 11 is 0. The van der Waals surface area contributed by atoms with Gasteiger partial charge < -0.3 is 14.5 Å². The van der Waals surface area contributed by atoms with Gasteiger partial charge in [-0.1, -0.05) is 19.3 Å². The zero-order valence-corrected chi connectivity index (χ0v) is 14.4. The van der Waals surface area contributed by atoms with Crippen LogP contribution in [0.2, 0.25) is 0 Å². The average molecular weight is 337 g/mol. The zero-order valence-electron chi connectivity index (χ0n) is 14.4. The highest BCUT2D eigenvalue weighted by molar-refractivity contribution is 6.04. The number of carbonyl (C=O) groups excluding carboxylic acids is 3. The van der Waals surface area contributed by atoms with Crippen LogP contribution in [0.5, 0.6) is 0 Å². The van der Waals surface area contributed by atoms with Gasteiger partial charge in [0.25, 0.3) is 5.91 Å². The highest BCUT2D eigenvalue weighted by Gasteiger charge is 2.47. The molecule has 0 aromatic rings. The predicted molar refractivity (Wildman–Crippen MR) is 87.3 cm³/mol. The van der Waals surface area contributed by atoms with Crippen LogP contribution in [0.3, 0.4) is 0 Å². The molecule has 0 aromatic carbocycles. The fraction of sp³-hybridized carbons (Fsp3) is 0.824. The van der Waals surface area contributed by atoms with Gasteiger partial charge in [0, 0.05) is 26.1 Å². The molecule has 0 aromatic heterocycles. The number of hydrogen-bond donors (Lipinski definition) is 0. The SMILES string of the molecule is COCCN1C(=O)C2CN(C(=O)C3CCCCC3)CCCN2C1=O. The molecule has 2 heterocycles. The van der Waals surface area contributed by atoms with E-state index in [9.17, 15) is 14.4 Å². The second-order valence-corrected chi connectivity index (χ2v) is 6.95. The Morgan fingerprint density at radius 2 is 1.88 bits per heavy atom. The van der Waals surface area contributed by atoms with Crippen LogP contribution in [0.4, 0.5) is 4.79 Å². The Labute approximate surface area is 142 Å². The summed E-state index contributed by atoms with van der Waals surface area (Å²) in [6.07, 6.45) is 6.07. The summed E-state index contributed by atoms with van der Waals surface area (Å²) in [6.45, 7) is 2.12. The quantitative estimate of drug-likeness (QED) is 0.720. The Morgan fingerprint density at radius 3 is 2.58 bits per heavy atom. The van der Waals surface area contributed by atoms with Gasteiger partial charge in [0.15, 0.2) is 0 Å². The van der Waals surface area contributed by atoms with Crippen LogP contribution in [0.1, 0.15) is 38.5 Å². The first-order valence-electron chi connectivity index (χ1n) is 9.03. The molecule has 1 aliphatic carbocycles. The number of hydrogen-bond acceptors (Lipinski definition) is 4. The first kappa shape index (κ1) is 17.2. The molecule has 0 radical (unpaired) electrons. The topological polar surface area (TPSA) is 70.2 Å². The number of ether oxygens (including phenoxy) is 1. The number of carbonyl (C=O) groups is 3. The Bertz CT molecular complexity index is 504. The molecule has 134 valence electrons. The molecule has 0 bridgehead atoms. The second-order valence-electron chi connectivity index (χ2n) is 6.95. The van der Waals surface area contributed by atoms with Crippen LogP contribution in [-0.4, -0.2) is 78.5 Å². The smallest absolute Gasteiger partial charge is 0.327 e. The summed E-state index contributed by atoms with van der Waals surface area (Å²) in [5.41, 5.74) is 0. The van der Waals surface area contributed by atoms with Gasteiger partial charge in [0.2, 0.25) is 5.91 Å². The van der Waals surface area contributed by atoms with Crippen molar-refractivity contribution in [2.24, 2.45) is 5.92 Å². The zero-order chi connectivity index (χ0) is 17.1. The van der Waals surface area contributed by atoms with Gasteiger partial charge in [-0.25, -0.2) is 4.79 Å². The lowest BCUT2D eigenvalue weighted by Gasteiger charge is -2.29. The van der Waals surface area contributed by atoms with Crippen LogP contribution in [0, 0.1) is 5.92 Å². The van der Waals surface area contributed by atoms with Crippen molar-refractivity contribution >= 4 is 17.8 Å². The summed E-state index contributed by atoms with van der Waals surface area (Å²) in [6, 6.07) is -0.765. The van der Waals surface area contributed by atoms with Crippen molar-refractivity contribution < 1.29 is 19.1 Å². The Balaban J connectivity index is 1.69. The number of methoxy groups -OCH3 is 1. The maximum absolute atomic E-state index is 12.8. The van der Waals surface area contributed by atoms with Crippen LogP contribution < -0.4 is 0 Å². The number of imide groups is 1. The van der Waals surface area contributed by atoms with E-state index in [0.717, 1.165) is 32.1 Å². The van der Waals surface area contributed by atoms with E-state index in [1.165, 1.54) is 11.3 Å². The van der Waals surface area contributed by atoms with E-state index < -0.39 is 6.04 Å². The molecule has 0 spiro atoms. The van der Waals surface area contributed by atoms with Gasteiger partial charge in [-0.15, -0.1) is 0 Å². The molecule has 3 aliphatic rings. The van der Waals surface area contributed by atoms with Crippen molar-refractivity contribution in [1.82, 2.24) is 14.7 Å². The molecule has 3 rings (SSSR count). The van der Waals surface area contributed by atoms with E-state index in [1.54, 1.807) is 12.0 Å². The van der Waals surface area contributed by atoms with Crippen LogP contribution in [-0.2, 0) is 14.3 Å². The second kappa shape index (κ2) is 7.51. The van der Waals surface area contributed by atoms with Crippen LogP contribution in [0.25, 0.3) is 0 Å². The third-order valence-electron chi connectivity index (χ3n) is 5.41. The van der Waals surface area contributed by atoms with E-state index in [4.69, 9.17) is 4.74 Å². The van der Waals surface area contributed by atoms with E-state index in [-0.39, 0.29) is 30.3 Å². The fourth-order valence-electron chi connectivity index (χ4n) is 4.05. The highest BCUT2D eigenvalue weighted by atomic mass is 16.5. The Hall–Kier alpha value is -1.63. The minimum Gasteiger partial charge on any atom is -0.383 e. The molecule has 2 aliphatic heterocycles. The van der Waals surface area contributed by atoms with E-state index in [1.807, 2.05) is 4.90 Å². The predicted octanol–water partition coefficient (Wildman–Crippen LogP) is 1.08. The summed E-state index contributed by atoms with van der Waals surface area (Å²) < 4.78 is 4.99. The molecule has 4 amide bonds. The standard InChI is InChI=1S/C17H27N3O4/c1-24-11-10-20-16(22)14-12-18(8-5-9-19(14)17(20)23)15(21)13-6-3-2-4-7-13/h13-14H,2-12H2,1H3. The molecule has 1 unspecified atom stereocenters. The normalized spacial score (nSPS) is 25.9. The number of nitrogens with zero attached hydrogens (tertiary/aromatic N) is 3. The van der Waals surface area contributed by atoms with Gasteiger partial charge >= 0.3 is 6.03 Å². The van der Waals surface area contributed by atoms with Crippen molar-refractivity contribution in [2.75, 3.05) is 39.9 Å². The molecule has 7 heteroatoms. The van der Waals surface area contributed by atoms with Gasteiger partial charge in [-0.05, 0) is 19.3 Å². The maximum atomic E-state index is 12.8. The van der Waals surface area contributed by atoms with Crippen molar-refractivity contribution in [1.29, 1.82) is 0 Å². The molecule has 0 N–H and O–H groups in total. The Kier molecular flexibility index (Phi) is 5.38. The third kappa shape index (κ3) is 3.27. The lowest BCUT2D eigenvalue weighted by atomic mass is 9.88. The van der Waals surface area contributed by atoms with Crippen molar-refractivity contribution in [3.63, 3.8) is 0 Å². The summed E-state index contributed by atoms with van der Waals surface area (Å²) in [5.74, 6) is 0.0784. The lowest BCUT2D eigenvalue weighted by Crippen LogP contribution is -2.45. The molecule has 1 atom stereocenters. The van der Waals surface area contributed by atoms with Gasteiger partial charge in [0.05, 0.1) is 19.7 Å². The van der Waals surface area contributed by atoms with E-state index >= 15 is 0 Å². The largest absolute Gasteiger partial charge is 0.383 e. The van der Waals surface area contributed by atoms with E-state index in [2.05, 4.69) is 0 Å². The summed E-state index contributed by atoms with van der Waals surface area (Å²) in [4.78, 5) is 42.6. The third-order valence-corrected chi connectivity index (χ3v) is 5.41. The van der Waals surface area contributed by atoms with E-state index in [0.29, 0.717) is 26.2 Å². The molecule has 1 saturated carbocycles. The number of amides is 4. The molecule has 24 heavy (non-hydrogen) atoms. The minimum absolute atomic E-state index is 0.0992. The first-order valence-corrected chi connectivity index (χ1v) is 9.03. The Morgan fingerprint density at radius 1 is 1.12 bits per heavy atom. The van der Waals surface area contributed by atoms with Crippen LogP contribution in [0.15, 0.2) is 0 Å². The number of urea groups is 1. The minimum atomic E-state index is -0.524. The maximum Gasteiger partial charge on any atom is 0.327 e. The highest BCUT2D eigenvalue weighted by Crippen LogP contribution is 2.28. The number of fused-ring (bicyclic) bond motifs is 1. The molecule has 2 saturated heterocycles. The van der Waals surface area contributed by atoms with Crippen LogP contribution >= 0.6 is 0 Å². The molecule has 7 nitrogen and oxygen atoms in total. The number of rotatable bonds is 4. The van der Waals surface area contributed by atoms with Crippen molar-refractivity contribution in [3.05, 3.63) is 0 Å². The molecular weight excluding hydrogens is 310 g/mol. The first-order chi connectivity index (χ1) is 11.6. The van der Waals surface area contributed by atoms with Gasteiger partial charge in [-0.3, -0.25) is 14.5 Å². The van der Waals surface area contributed by atoms with Crippen molar-refractivity contribution in [3.8, 4) is 0 Å². The van der Waals surface area contributed by atoms with Gasteiger partial charge in [-0.2, -0.15) is 0 Å². The van der Waals surface area contributed by atoms with Crippen molar-refractivity contribution in [2.45, 2.75) is 44.6 Å². The lowest BCUT2D eigenvalue weighted by molar-refractivity contribution is -0.137. The van der Waals surface area contributed by atoms with Gasteiger partial charge in [0.1, 0.15) is 6.04 Å². The molecule has 3 fully saturated rings. The monoisotopic (exact) mass is 337 g/mol. The summed E-state index contributed by atoms with van der Waals surface area (Å²) in [5, 5.41) is 0.